The molecule has 0 aliphatic carbocycles. The second-order valence-corrected chi connectivity index (χ2v) is 7.78. The number of hydrogen-bond acceptors (Lipinski definition) is 8. The van der Waals surface area contributed by atoms with Gasteiger partial charge in [0.1, 0.15) is 12.0 Å². The zero-order valence-corrected chi connectivity index (χ0v) is 19.1. The fraction of sp³-hybridized carbons (Fsp3) is 0.200. The summed E-state index contributed by atoms with van der Waals surface area (Å²) >= 11 is 0. The molecule has 3 N–H and O–H groups in total. The number of anilines is 1. The number of carbonyl (C=O) groups is 1. The molecule has 0 aliphatic rings. The zero-order valence-electron chi connectivity index (χ0n) is 19.1. The Labute approximate surface area is 202 Å². The Morgan fingerprint density at radius 3 is 2.80 bits per heavy atom. The van der Waals surface area contributed by atoms with E-state index in [1.807, 2.05) is 19.1 Å². The van der Waals surface area contributed by atoms with E-state index in [0.29, 0.717) is 48.1 Å². The molecule has 4 aromatic rings. The molecular formula is C25H24N8O2. The Kier molecular flexibility index (Phi) is 7.40. The molecule has 176 valence electrons. The molecule has 4 rings (SSSR count). The van der Waals surface area contributed by atoms with Crippen molar-refractivity contribution in [2.24, 2.45) is 0 Å². The van der Waals surface area contributed by atoms with Gasteiger partial charge in [0.2, 0.25) is 0 Å². The van der Waals surface area contributed by atoms with E-state index < -0.39 is 0 Å². The van der Waals surface area contributed by atoms with Gasteiger partial charge in [-0.2, -0.15) is 5.26 Å². The molecule has 0 fully saturated rings. The SMILES string of the molecule is Cc1ccc(C#N)cc1CNC(=O)c1cccc(NCc2nnc(-c3ccncn3)n2CCO)c1. The van der Waals surface area contributed by atoms with Gasteiger partial charge in [-0.3, -0.25) is 4.79 Å². The number of aliphatic hydroxyl groups excluding tert-OH is 1. The number of hydrogen-bond donors (Lipinski definition) is 3. The van der Waals surface area contributed by atoms with E-state index in [9.17, 15) is 9.90 Å². The third-order valence-electron chi connectivity index (χ3n) is 5.46. The molecular weight excluding hydrogens is 444 g/mol. The highest BCUT2D eigenvalue weighted by atomic mass is 16.3. The molecule has 0 atom stereocenters. The minimum absolute atomic E-state index is 0.0739. The fourth-order valence-electron chi connectivity index (χ4n) is 3.57. The summed E-state index contributed by atoms with van der Waals surface area (Å²) in [7, 11) is 0. The van der Waals surface area contributed by atoms with Gasteiger partial charge in [0.05, 0.1) is 24.8 Å². The Morgan fingerprint density at radius 1 is 1.14 bits per heavy atom. The van der Waals surface area contributed by atoms with E-state index in [1.54, 1.807) is 47.2 Å². The first-order valence-electron chi connectivity index (χ1n) is 11.0. The first kappa shape index (κ1) is 23.5. The van der Waals surface area contributed by atoms with Gasteiger partial charge in [0.15, 0.2) is 11.6 Å². The van der Waals surface area contributed by atoms with Crippen LogP contribution in [0.3, 0.4) is 0 Å². The number of nitriles is 1. The summed E-state index contributed by atoms with van der Waals surface area (Å²) in [5.74, 6) is 0.947. The van der Waals surface area contributed by atoms with Crippen LogP contribution >= 0.6 is 0 Å². The Bertz CT molecular complexity index is 1360. The lowest BCUT2D eigenvalue weighted by Crippen LogP contribution is -2.23. The van der Waals surface area contributed by atoms with E-state index in [0.717, 1.165) is 16.8 Å². The van der Waals surface area contributed by atoms with E-state index in [-0.39, 0.29) is 12.5 Å². The van der Waals surface area contributed by atoms with Gasteiger partial charge < -0.3 is 20.3 Å². The molecule has 0 saturated heterocycles. The number of aryl methyl sites for hydroxylation is 1. The number of aliphatic hydroxyl groups is 1. The van der Waals surface area contributed by atoms with Gasteiger partial charge in [-0.25, -0.2) is 9.97 Å². The maximum absolute atomic E-state index is 12.7. The van der Waals surface area contributed by atoms with Crippen LogP contribution in [-0.2, 0) is 19.6 Å². The summed E-state index contributed by atoms with van der Waals surface area (Å²) in [4.78, 5) is 20.9. The Hall–Kier alpha value is -4.62. The van der Waals surface area contributed by atoms with E-state index in [2.05, 4.69) is 36.9 Å². The van der Waals surface area contributed by atoms with Crippen LogP contribution in [0.1, 0.15) is 32.9 Å². The van der Waals surface area contributed by atoms with Crippen LogP contribution in [0.4, 0.5) is 5.69 Å². The average molecular weight is 469 g/mol. The highest BCUT2D eigenvalue weighted by molar-refractivity contribution is 5.95. The van der Waals surface area contributed by atoms with Crippen LogP contribution in [0.2, 0.25) is 0 Å². The van der Waals surface area contributed by atoms with Gasteiger partial charge in [-0.15, -0.1) is 10.2 Å². The average Bonchev–Trinajstić information content (AvgIpc) is 3.30. The second kappa shape index (κ2) is 11.0. The van der Waals surface area contributed by atoms with Crippen LogP contribution < -0.4 is 10.6 Å². The Balaban J connectivity index is 1.43. The van der Waals surface area contributed by atoms with Crippen LogP contribution in [0.5, 0.6) is 0 Å². The smallest absolute Gasteiger partial charge is 0.251 e. The number of amides is 1. The predicted octanol–water partition coefficient (Wildman–Crippen LogP) is 2.45. The fourth-order valence-corrected chi connectivity index (χ4v) is 3.57. The largest absolute Gasteiger partial charge is 0.395 e. The van der Waals surface area contributed by atoms with Crippen LogP contribution in [-0.4, -0.2) is 42.4 Å². The van der Waals surface area contributed by atoms with Crippen LogP contribution in [0.25, 0.3) is 11.5 Å². The molecule has 0 radical (unpaired) electrons. The van der Waals surface area contributed by atoms with Gasteiger partial charge in [0, 0.05) is 30.5 Å². The van der Waals surface area contributed by atoms with Crippen molar-refractivity contribution >= 4 is 11.6 Å². The normalized spacial score (nSPS) is 10.5. The van der Waals surface area contributed by atoms with E-state index >= 15 is 0 Å². The standard InChI is InChI=1S/C25H24N8O2/c1-17-5-6-18(13-26)11-20(17)14-29-25(35)19-3-2-4-21(12-19)28-15-23-31-32-24(33(23)9-10-34)22-7-8-27-16-30-22/h2-8,11-12,16,28,34H,9-10,14-15H2,1H3,(H,29,35). The number of rotatable bonds is 9. The molecule has 2 aromatic carbocycles. The zero-order chi connectivity index (χ0) is 24.6. The van der Waals surface area contributed by atoms with Crippen molar-refractivity contribution in [1.82, 2.24) is 30.0 Å². The predicted molar refractivity (Wildman–Crippen MR) is 129 cm³/mol. The number of aromatic nitrogens is 5. The molecule has 0 bridgehead atoms. The van der Waals surface area contributed by atoms with Crippen molar-refractivity contribution in [3.05, 3.63) is 89.1 Å². The maximum Gasteiger partial charge on any atom is 0.251 e. The van der Waals surface area contributed by atoms with Gasteiger partial charge in [-0.05, 0) is 54.4 Å². The van der Waals surface area contributed by atoms with E-state index in [4.69, 9.17) is 5.26 Å². The monoisotopic (exact) mass is 468 g/mol. The summed E-state index contributed by atoms with van der Waals surface area (Å²) in [6.45, 7) is 2.85. The van der Waals surface area contributed by atoms with Crippen molar-refractivity contribution in [1.29, 1.82) is 5.26 Å². The molecule has 2 heterocycles. The van der Waals surface area contributed by atoms with Gasteiger partial charge in [-0.1, -0.05) is 12.1 Å². The number of benzene rings is 2. The van der Waals surface area contributed by atoms with Gasteiger partial charge >= 0.3 is 0 Å². The van der Waals surface area contributed by atoms with Crippen LogP contribution in [0.15, 0.2) is 61.1 Å². The highest BCUT2D eigenvalue weighted by Gasteiger charge is 2.15. The van der Waals surface area contributed by atoms with Crippen molar-refractivity contribution in [2.45, 2.75) is 26.6 Å². The third-order valence-corrected chi connectivity index (χ3v) is 5.46. The summed E-state index contributed by atoms with van der Waals surface area (Å²) in [6, 6.07) is 16.4. The molecule has 0 aliphatic heterocycles. The molecule has 0 unspecified atom stereocenters. The summed E-state index contributed by atoms with van der Waals surface area (Å²) in [6.07, 6.45) is 3.06. The van der Waals surface area contributed by atoms with Crippen molar-refractivity contribution in [2.75, 3.05) is 11.9 Å². The number of carbonyl (C=O) groups excluding carboxylic acids is 1. The van der Waals surface area contributed by atoms with Crippen molar-refractivity contribution in [3.63, 3.8) is 0 Å². The lowest BCUT2D eigenvalue weighted by molar-refractivity contribution is 0.0951. The summed E-state index contributed by atoms with van der Waals surface area (Å²) < 4.78 is 1.80. The first-order valence-corrected chi connectivity index (χ1v) is 11.0. The Morgan fingerprint density at radius 2 is 2.03 bits per heavy atom. The molecule has 35 heavy (non-hydrogen) atoms. The molecule has 1 amide bonds. The molecule has 2 aromatic heterocycles. The lowest BCUT2D eigenvalue weighted by Gasteiger charge is -2.12. The highest BCUT2D eigenvalue weighted by Crippen LogP contribution is 2.17. The maximum atomic E-state index is 12.7. The topological polar surface area (TPSA) is 142 Å². The minimum Gasteiger partial charge on any atom is -0.395 e. The first-order chi connectivity index (χ1) is 17.1. The molecule has 0 saturated carbocycles. The quantitative estimate of drug-likeness (QED) is 0.340. The van der Waals surface area contributed by atoms with Crippen molar-refractivity contribution in [3.8, 4) is 17.6 Å². The number of nitrogens with zero attached hydrogens (tertiary/aromatic N) is 6. The molecule has 0 spiro atoms. The van der Waals surface area contributed by atoms with E-state index in [1.165, 1.54) is 6.33 Å². The third kappa shape index (κ3) is 5.66. The second-order valence-electron chi connectivity index (χ2n) is 7.78. The lowest BCUT2D eigenvalue weighted by atomic mass is 10.1. The summed E-state index contributed by atoms with van der Waals surface area (Å²) in [5.41, 5.74) is 4.32. The van der Waals surface area contributed by atoms with Crippen LogP contribution in [0, 0.1) is 18.3 Å². The van der Waals surface area contributed by atoms with Crippen molar-refractivity contribution < 1.29 is 9.90 Å². The number of nitrogens with one attached hydrogen (secondary N) is 2. The van der Waals surface area contributed by atoms with Gasteiger partial charge in [0.25, 0.3) is 5.91 Å². The summed E-state index contributed by atoms with van der Waals surface area (Å²) in [5, 5.41) is 33.3. The molecule has 10 heteroatoms. The molecule has 10 nitrogen and oxygen atoms in total. The minimum atomic E-state index is -0.218.